The molecule has 0 atom stereocenters. The van der Waals surface area contributed by atoms with Gasteiger partial charge in [0.05, 0.1) is 5.69 Å². The molecule has 0 spiro atoms. The summed E-state index contributed by atoms with van der Waals surface area (Å²) >= 11 is 4.77. The van der Waals surface area contributed by atoms with Crippen molar-refractivity contribution in [1.82, 2.24) is 0 Å². The predicted octanol–water partition coefficient (Wildman–Crippen LogP) is 3.02. The molecule has 2 aromatic rings. The normalized spacial score (nSPS) is 10.1. The van der Waals surface area contributed by atoms with Gasteiger partial charge in [-0.3, -0.25) is 4.79 Å². The van der Waals surface area contributed by atoms with Crippen molar-refractivity contribution >= 4 is 28.8 Å². The van der Waals surface area contributed by atoms with E-state index in [1.165, 1.54) is 12.1 Å². The van der Waals surface area contributed by atoms with Crippen LogP contribution in [0.2, 0.25) is 0 Å². The quantitative estimate of drug-likeness (QED) is 0.854. The highest BCUT2D eigenvalue weighted by Gasteiger charge is 2.12. The Morgan fingerprint density at radius 3 is 2.55 bits per heavy atom. The molecule has 0 aromatic heterocycles. The lowest BCUT2D eigenvalue weighted by Gasteiger charge is -2.09. The molecule has 3 nitrogen and oxygen atoms in total. The number of anilines is 1. The number of hydrogen-bond donors (Lipinski definition) is 2. The number of nitrogens with one attached hydrogen (secondary N) is 1. The highest BCUT2D eigenvalue weighted by atomic mass is 32.1. The monoisotopic (exact) mass is 288 g/mol. The Bertz CT molecular complexity index is 685. The predicted molar refractivity (Wildman–Crippen MR) is 81.4 cm³/mol. The molecule has 0 heterocycles. The number of amides is 1. The van der Waals surface area contributed by atoms with E-state index in [9.17, 15) is 9.18 Å². The van der Waals surface area contributed by atoms with Crippen molar-refractivity contribution in [3.8, 4) is 0 Å². The van der Waals surface area contributed by atoms with Gasteiger partial charge in [-0.1, -0.05) is 30.4 Å². The number of carbonyl (C=O) groups is 1. The molecule has 0 fully saturated rings. The third-order valence-corrected chi connectivity index (χ3v) is 3.13. The number of nitrogens with two attached hydrogens (primary N) is 1. The molecule has 2 rings (SSSR count). The second kappa shape index (κ2) is 5.79. The summed E-state index contributed by atoms with van der Waals surface area (Å²) < 4.78 is 13.9. The first-order valence-corrected chi connectivity index (χ1v) is 6.36. The maximum atomic E-state index is 13.9. The van der Waals surface area contributed by atoms with Crippen LogP contribution in [0, 0.1) is 12.7 Å². The topological polar surface area (TPSA) is 55.1 Å². The van der Waals surface area contributed by atoms with Crippen molar-refractivity contribution in [3.05, 3.63) is 65.0 Å². The van der Waals surface area contributed by atoms with Gasteiger partial charge in [0.25, 0.3) is 5.91 Å². The zero-order chi connectivity index (χ0) is 14.7. The first-order chi connectivity index (χ1) is 9.49. The molecule has 0 bridgehead atoms. The van der Waals surface area contributed by atoms with Gasteiger partial charge in [0.1, 0.15) is 10.8 Å². The average Bonchev–Trinajstić information content (AvgIpc) is 2.41. The van der Waals surface area contributed by atoms with E-state index in [4.69, 9.17) is 18.0 Å². The van der Waals surface area contributed by atoms with Crippen LogP contribution in [-0.4, -0.2) is 10.9 Å². The van der Waals surface area contributed by atoms with E-state index in [-0.39, 0.29) is 16.6 Å². The van der Waals surface area contributed by atoms with E-state index in [1.54, 1.807) is 18.2 Å². The Kier molecular flexibility index (Phi) is 4.10. The third kappa shape index (κ3) is 3.00. The standard InChI is InChI=1S/C15H13FN2OS/c1-9-4-2-3-5-11(9)15(19)18-13-7-6-10(14(17)20)8-12(13)16/h2-8H,1H3,(H2,17,20)(H,18,19). The molecule has 20 heavy (non-hydrogen) atoms. The molecule has 5 heteroatoms. The minimum Gasteiger partial charge on any atom is -0.389 e. The third-order valence-electron chi connectivity index (χ3n) is 2.89. The molecule has 102 valence electrons. The maximum absolute atomic E-state index is 13.9. The largest absolute Gasteiger partial charge is 0.389 e. The summed E-state index contributed by atoms with van der Waals surface area (Å²) in [6.07, 6.45) is 0. The molecule has 0 aliphatic heterocycles. The summed E-state index contributed by atoms with van der Waals surface area (Å²) in [4.78, 5) is 12.2. The number of aryl methyl sites for hydroxylation is 1. The van der Waals surface area contributed by atoms with E-state index in [0.29, 0.717) is 11.1 Å². The number of carbonyl (C=O) groups excluding carboxylic acids is 1. The summed E-state index contributed by atoms with van der Waals surface area (Å²) in [7, 11) is 0. The number of hydrogen-bond acceptors (Lipinski definition) is 2. The molecule has 1 amide bonds. The lowest BCUT2D eigenvalue weighted by Crippen LogP contribution is -2.15. The number of rotatable bonds is 3. The van der Waals surface area contributed by atoms with Gasteiger partial charge < -0.3 is 11.1 Å². The van der Waals surface area contributed by atoms with E-state index in [0.717, 1.165) is 5.56 Å². The Labute approximate surface area is 121 Å². The van der Waals surface area contributed by atoms with Crippen molar-refractivity contribution in [1.29, 1.82) is 0 Å². The van der Waals surface area contributed by atoms with Gasteiger partial charge in [0.15, 0.2) is 0 Å². The minimum absolute atomic E-state index is 0.0956. The molecule has 0 aliphatic carbocycles. The van der Waals surface area contributed by atoms with Crippen molar-refractivity contribution in [3.63, 3.8) is 0 Å². The first kappa shape index (κ1) is 14.1. The Hall–Kier alpha value is -2.27. The van der Waals surface area contributed by atoms with Gasteiger partial charge in [0, 0.05) is 11.1 Å². The molecular formula is C15H13FN2OS. The molecule has 0 unspecified atom stereocenters. The first-order valence-electron chi connectivity index (χ1n) is 5.95. The molecule has 2 aromatic carbocycles. The van der Waals surface area contributed by atoms with Crippen LogP contribution in [0.1, 0.15) is 21.5 Å². The van der Waals surface area contributed by atoms with Gasteiger partial charge in [-0.2, -0.15) is 0 Å². The van der Waals surface area contributed by atoms with Crippen molar-refractivity contribution in [2.24, 2.45) is 5.73 Å². The smallest absolute Gasteiger partial charge is 0.256 e. The SMILES string of the molecule is Cc1ccccc1C(=O)Nc1ccc(C(N)=S)cc1F. The number of halogens is 1. The summed E-state index contributed by atoms with van der Waals surface area (Å²) in [6, 6.07) is 11.3. The van der Waals surface area contributed by atoms with Crippen molar-refractivity contribution < 1.29 is 9.18 Å². The van der Waals surface area contributed by atoms with E-state index in [2.05, 4.69) is 5.32 Å². The van der Waals surface area contributed by atoms with Gasteiger partial charge in [0.2, 0.25) is 0 Å². The summed E-state index contributed by atoms with van der Waals surface area (Å²) in [5, 5.41) is 2.54. The summed E-state index contributed by atoms with van der Waals surface area (Å²) in [5.41, 5.74) is 7.27. The molecule has 0 saturated carbocycles. The lowest BCUT2D eigenvalue weighted by atomic mass is 10.1. The van der Waals surface area contributed by atoms with Crippen LogP contribution in [0.3, 0.4) is 0 Å². The maximum Gasteiger partial charge on any atom is 0.256 e. The Morgan fingerprint density at radius 1 is 1.25 bits per heavy atom. The second-order valence-corrected chi connectivity index (χ2v) is 4.77. The van der Waals surface area contributed by atoms with Gasteiger partial charge in [-0.05, 0) is 36.8 Å². The Balaban J connectivity index is 2.25. The van der Waals surface area contributed by atoms with Gasteiger partial charge >= 0.3 is 0 Å². The second-order valence-electron chi connectivity index (χ2n) is 4.33. The van der Waals surface area contributed by atoms with Crippen LogP contribution in [0.25, 0.3) is 0 Å². The molecule has 0 radical (unpaired) electrons. The van der Waals surface area contributed by atoms with E-state index in [1.807, 2.05) is 19.1 Å². The molecule has 0 saturated heterocycles. The van der Waals surface area contributed by atoms with E-state index < -0.39 is 5.82 Å². The Morgan fingerprint density at radius 2 is 1.95 bits per heavy atom. The summed E-state index contributed by atoms with van der Waals surface area (Å²) in [5.74, 6) is -0.928. The fourth-order valence-electron chi connectivity index (χ4n) is 1.79. The van der Waals surface area contributed by atoms with Gasteiger partial charge in [-0.15, -0.1) is 0 Å². The summed E-state index contributed by atoms with van der Waals surface area (Å²) in [6.45, 7) is 1.82. The number of thiocarbonyl (C=S) groups is 1. The number of benzene rings is 2. The van der Waals surface area contributed by atoms with Crippen LogP contribution < -0.4 is 11.1 Å². The fourth-order valence-corrected chi connectivity index (χ4v) is 1.91. The molecule has 0 aliphatic rings. The zero-order valence-corrected chi connectivity index (χ0v) is 11.6. The highest BCUT2D eigenvalue weighted by molar-refractivity contribution is 7.80. The zero-order valence-electron chi connectivity index (χ0n) is 10.8. The highest BCUT2D eigenvalue weighted by Crippen LogP contribution is 2.18. The average molecular weight is 288 g/mol. The van der Waals surface area contributed by atoms with Crippen molar-refractivity contribution in [2.45, 2.75) is 6.92 Å². The molecule has 3 N–H and O–H groups in total. The van der Waals surface area contributed by atoms with E-state index >= 15 is 0 Å². The van der Waals surface area contributed by atoms with Crippen LogP contribution in [0.4, 0.5) is 10.1 Å². The van der Waals surface area contributed by atoms with Crippen LogP contribution in [0.15, 0.2) is 42.5 Å². The lowest BCUT2D eigenvalue weighted by molar-refractivity contribution is 0.102. The van der Waals surface area contributed by atoms with Gasteiger partial charge in [-0.25, -0.2) is 4.39 Å². The van der Waals surface area contributed by atoms with Crippen molar-refractivity contribution in [2.75, 3.05) is 5.32 Å². The van der Waals surface area contributed by atoms with Crippen LogP contribution in [-0.2, 0) is 0 Å². The fraction of sp³-hybridized carbons (Fsp3) is 0.0667. The molecular weight excluding hydrogens is 275 g/mol. The minimum atomic E-state index is -0.572. The van der Waals surface area contributed by atoms with Crippen LogP contribution >= 0.6 is 12.2 Å². The van der Waals surface area contributed by atoms with Crippen LogP contribution in [0.5, 0.6) is 0 Å².